The van der Waals surface area contributed by atoms with Crippen LogP contribution in [0.15, 0.2) is 34.9 Å². The van der Waals surface area contributed by atoms with Gasteiger partial charge in [-0.15, -0.1) is 0 Å². The molecule has 3 rings (SSSR count). The number of fused-ring (bicyclic) bond motifs is 1. The van der Waals surface area contributed by atoms with E-state index >= 15 is 0 Å². The Morgan fingerprint density at radius 2 is 1.75 bits per heavy atom. The number of nitrogens with zero attached hydrogens (tertiary/aromatic N) is 2. The number of pyridine rings is 1. The maximum atomic E-state index is 6.30. The van der Waals surface area contributed by atoms with Crippen LogP contribution in [0.5, 0.6) is 0 Å². The number of hydrogen-bond acceptors (Lipinski definition) is 2. The number of nitrogen functional groups attached to an aromatic ring is 1. The molecule has 4 heteroatoms. The lowest BCUT2D eigenvalue weighted by molar-refractivity contribution is 1.18. The van der Waals surface area contributed by atoms with Gasteiger partial charge in [0.1, 0.15) is 17.2 Å². The van der Waals surface area contributed by atoms with Gasteiger partial charge >= 0.3 is 0 Å². The predicted molar refractivity (Wildman–Crippen MR) is 87.0 cm³/mol. The van der Waals surface area contributed by atoms with Crippen LogP contribution in [0.2, 0.25) is 0 Å². The number of anilines is 1. The highest BCUT2D eigenvalue weighted by molar-refractivity contribution is 9.10. The highest BCUT2D eigenvalue weighted by Gasteiger charge is 2.15. The molecule has 0 saturated heterocycles. The molecule has 2 N–H and O–H groups in total. The second-order valence-electron chi connectivity index (χ2n) is 5.19. The largest absolute Gasteiger partial charge is 0.383 e. The van der Waals surface area contributed by atoms with Crippen LogP contribution in [0.1, 0.15) is 16.7 Å². The molecular formula is C16H16BrN3. The number of halogens is 1. The lowest BCUT2D eigenvalue weighted by atomic mass is 9.97. The van der Waals surface area contributed by atoms with E-state index in [2.05, 4.69) is 48.8 Å². The van der Waals surface area contributed by atoms with Gasteiger partial charge in [0.2, 0.25) is 0 Å². The van der Waals surface area contributed by atoms with E-state index in [0.29, 0.717) is 5.82 Å². The van der Waals surface area contributed by atoms with Crippen molar-refractivity contribution >= 4 is 27.4 Å². The summed E-state index contributed by atoms with van der Waals surface area (Å²) in [7, 11) is 0. The van der Waals surface area contributed by atoms with Crippen molar-refractivity contribution in [1.29, 1.82) is 0 Å². The van der Waals surface area contributed by atoms with E-state index in [-0.39, 0.29) is 0 Å². The van der Waals surface area contributed by atoms with Crippen LogP contribution in [-0.4, -0.2) is 9.38 Å². The van der Waals surface area contributed by atoms with Crippen LogP contribution in [0, 0.1) is 20.8 Å². The van der Waals surface area contributed by atoms with Gasteiger partial charge in [0, 0.05) is 16.2 Å². The number of aryl methyl sites for hydroxylation is 3. The van der Waals surface area contributed by atoms with Crippen LogP contribution >= 0.6 is 15.9 Å². The van der Waals surface area contributed by atoms with Crippen molar-refractivity contribution in [1.82, 2.24) is 9.38 Å². The highest BCUT2D eigenvalue weighted by Crippen LogP contribution is 2.33. The standard InChI is InChI=1S/C16H16BrN3/c1-9-6-10(2)14(11(3)7-9)15-16(18)20-8-12(17)4-5-13(20)19-15/h4-8H,18H2,1-3H3. The van der Waals surface area contributed by atoms with Crippen molar-refractivity contribution < 1.29 is 0 Å². The summed E-state index contributed by atoms with van der Waals surface area (Å²) in [5, 5.41) is 0. The first-order chi connectivity index (χ1) is 9.47. The molecule has 0 atom stereocenters. The lowest BCUT2D eigenvalue weighted by Gasteiger charge is -2.09. The minimum Gasteiger partial charge on any atom is -0.383 e. The monoisotopic (exact) mass is 329 g/mol. The van der Waals surface area contributed by atoms with Crippen molar-refractivity contribution in [2.24, 2.45) is 0 Å². The molecule has 102 valence electrons. The second kappa shape index (κ2) is 4.63. The average Bonchev–Trinajstić information content (AvgIpc) is 2.66. The molecule has 3 aromatic rings. The molecule has 0 aliphatic carbocycles. The van der Waals surface area contributed by atoms with E-state index in [1.165, 1.54) is 16.7 Å². The summed E-state index contributed by atoms with van der Waals surface area (Å²) in [6.45, 7) is 6.32. The van der Waals surface area contributed by atoms with Gasteiger partial charge in [0.05, 0.1) is 0 Å². The smallest absolute Gasteiger partial charge is 0.139 e. The van der Waals surface area contributed by atoms with Gasteiger partial charge in [0.25, 0.3) is 0 Å². The van der Waals surface area contributed by atoms with Gasteiger partial charge in [-0.05, 0) is 60.0 Å². The van der Waals surface area contributed by atoms with E-state index in [1.807, 2.05) is 22.7 Å². The molecular weight excluding hydrogens is 314 g/mol. The van der Waals surface area contributed by atoms with Gasteiger partial charge in [0.15, 0.2) is 0 Å². The Bertz CT molecular complexity index is 795. The first-order valence-corrected chi connectivity index (χ1v) is 7.28. The Morgan fingerprint density at radius 1 is 1.10 bits per heavy atom. The summed E-state index contributed by atoms with van der Waals surface area (Å²) in [4.78, 5) is 4.69. The molecule has 0 amide bonds. The SMILES string of the molecule is Cc1cc(C)c(-c2nc3ccc(Br)cn3c2N)c(C)c1. The zero-order valence-corrected chi connectivity index (χ0v) is 13.3. The third kappa shape index (κ3) is 2.00. The fourth-order valence-electron chi connectivity index (χ4n) is 2.77. The lowest BCUT2D eigenvalue weighted by Crippen LogP contribution is -1.96. The number of nitrogens with two attached hydrogens (primary N) is 1. The summed E-state index contributed by atoms with van der Waals surface area (Å²) in [5.41, 5.74) is 12.8. The number of benzene rings is 1. The first kappa shape index (κ1) is 13.2. The normalized spacial score (nSPS) is 11.2. The van der Waals surface area contributed by atoms with E-state index in [4.69, 9.17) is 10.7 Å². The molecule has 2 heterocycles. The maximum absolute atomic E-state index is 6.30. The van der Waals surface area contributed by atoms with E-state index in [9.17, 15) is 0 Å². The van der Waals surface area contributed by atoms with Crippen LogP contribution in [-0.2, 0) is 0 Å². The predicted octanol–water partition coefficient (Wildman–Crippen LogP) is 4.27. The van der Waals surface area contributed by atoms with Crippen molar-refractivity contribution in [3.63, 3.8) is 0 Å². The van der Waals surface area contributed by atoms with Crippen LogP contribution in [0.3, 0.4) is 0 Å². The molecule has 2 aromatic heterocycles. The molecule has 0 radical (unpaired) electrons. The summed E-state index contributed by atoms with van der Waals surface area (Å²) >= 11 is 3.47. The summed E-state index contributed by atoms with van der Waals surface area (Å²) in [5.74, 6) is 0.677. The molecule has 0 spiro atoms. The Balaban J connectivity index is 2.33. The quantitative estimate of drug-likeness (QED) is 0.724. The van der Waals surface area contributed by atoms with Crippen LogP contribution < -0.4 is 5.73 Å². The molecule has 0 fully saturated rings. The molecule has 0 bridgehead atoms. The van der Waals surface area contributed by atoms with Gasteiger partial charge in [-0.1, -0.05) is 17.7 Å². The number of aromatic nitrogens is 2. The summed E-state index contributed by atoms with van der Waals surface area (Å²) in [6, 6.07) is 8.27. The Kier molecular flexibility index (Phi) is 3.05. The fourth-order valence-corrected chi connectivity index (χ4v) is 3.11. The zero-order chi connectivity index (χ0) is 14.4. The number of hydrogen-bond donors (Lipinski definition) is 1. The van der Waals surface area contributed by atoms with Crippen LogP contribution in [0.4, 0.5) is 5.82 Å². The van der Waals surface area contributed by atoms with E-state index < -0.39 is 0 Å². The molecule has 20 heavy (non-hydrogen) atoms. The first-order valence-electron chi connectivity index (χ1n) is 6.48. The van der Waals surface area contributed by atoms with Gasteiger partial charge < -0.3 is 5.73 Å². The Hall–Kier alpha value is -1.81. The molecule has 0 aliphatic rings. The minimum atomic E-state index is 0.677. The van der Waals surface area contributed by atoms with Gasteiger partial charge in [-0.2, -0.15) is 0 Å². The minimum absolute atomic E-state index is 0.677. The van der Waals surface area contributed by atoms with Crippen molar-refractivity contribution in [3.05, 3.63) is 51.6 Å². The number of imidazole rings is 1. The zero-order valence-electron chi connectivity index (χ0n) is 11.7. The molecule has 0 saturated carbocycles. The number of rotatable bonds is 1. The maximum Gasteiger partial charge on any atom is 0.139 e. The fraction of sp³-hybridized carbons (Fsp3) is 0.188. The molecule has 0 unspecified atom stereocenters. The summed E-state index contributed by atoms with van der Waals surface area (Å²) in [6.07, 6.45) is 1.94. The van der Waals surface area contributed by atoms with E-state index in [1.54, 1.807) is 0 Å². The topological polar surface area (TPSA) is 43.3 Å². The molecule has 3 nitrogen and oxygen atoms in total. The molecule has 1 aromatic carbocycles. The van der Waals surface area contributed by atoms with Gasteiger partial charge in [-0.25, -0.2) is 4.98 Å². The van der Waals surface area contributed by atoms with Gasteiger partial charge in [-0.3, -0.25) is 4.40 Å². The van der Waals surface area contributed by atoms with E-state index in [0.717, 1.165) is 21.4 Å². The van der Waals surface area contributed by atoms with Crippen molar-refractivity contribution in [2.45, 2.75) is 20.8 Å². The Morgan fingerprint density at radius 3 is 2.40 bits per heavy atom. The van der Waals surface area contributed by atoms with Crippen molar-refractivity contribution in [3.8, 4) is 11.3 Å². The third-order valence-corrected chi connectivity index (χ3v) is 4.00. The third-order valence-electron chi connectivity index (χ3n) is 3.53. The van der Waals surface area contributed by atoms with Crippen LogP contribution in [0.25, 0.3) is 16.9 Å². The molecule has 0 aliphatic heterocycles. The highest BCUT2D eigenvalue weighted by atomic mass is 79.9. The second-order valence-corrected chi connectivity index (χ2v) is 6.11. The summed E-state index contributed by atoms with van der Waals surface area (Å²) < 4.78 is 2.90. The average molecular weight is 330 g/mol. The van der Waals surface area contributed by atoms with Crippen molar-refractivity contribution in [2.75, 3.05) is 5.73 Å². The Labute approximate surface area is 126 Å².